The van der Waals surface area contributed by atoms with Crippen molar-refractivity contribution in [2.24, 2.45) is 0 Å². The minimum atomic E-state index is -4.61. The average molecular weight is 486 g/mol. The van der Waals surface area contributed by atoms with E-state index >= 15 is 0 Å². The molecule has 0 spiro atoms. The van der Waals surface area contributed by atoms with Crippen LogP contribution in [0.15, 0.2) is 73.6 Å². The lowest BCUT2D eigenvalue weighted by molar-refractivity contribution is -0.137. The van der Waals surface area contributed by atoms with Gasteiger partial charge in [0.1, 0.15) is 5.15 Å². The van der Waals surface area contributed by atoms with Crippen molar-refractivity contribution in [2.75, 3.05) is 5.32 Å². The van der Waals surface area contributed by atoms with E-state index in [1.54, 1.807) is 24.4 Å². The number of nitrogens with zero attached hydrogens (tertiary/aromatic N) is 4. The van der Waals surface area contributed by atoms with Crippen molar-refractivity contribution in [3.05, 3.63) is 101 Å². The monoisotopic (exact) mass is 485 g/mol. The fraction of sp³-hybridized carbons (Fsp3) is 0.167. The second kappa shape index (κ2) is 9.64. The third kappa shape index (κ3) is 5.60. The number of aromatic nitrogens is 4. The molecule has 1 N–H and O–H groups in total. The van der Waals surface area contributed by atoms with E-state index in [1.165, 1.54) is 35.6 Å². The SMILES string of the molecule is C[C@H](Cc1cncc(Cl)n1)c1cccc(NC(=O)c2cc(-n3ccnc3)cc(C(F)(F)F)c2)c1. The van der Waals surface area contributed by atoms with Crippen molar-refractivity contribution >= 4 is 23.2 Å². The maximum atomic E-state index is 13.5. The minimum absolute atomic E-state index is 0.0334. The van der Waals surface area contributed by atoms with Gasteiger partial charge >= 0.3 is 6.18 Å². The van der Waals surface area contributed by atoms with Crippen LogP contribution in [0.1, 0.15) is 40.0 Å². The summed E-state index contributed by atoms with van der Waals surface area (Å²) in [6.07, 6.45) is 3.38. The molecule has 0 aliphatic rings. The molecule has 2 aromatic heterocycles. The van der Waals surface area contributed by atoms with Crippen LogP contribution in [0.2, 0.25) is 5.15 Å². The van der Waals surface area contributed by atoms with Crippen LogP contribution in [-0.2, 0) is 12.6 Å². The van der Waals surface area contributed by atoms with E-state index in [2.05, 4.69) is 20.3 Å². The van der Waals surface area contributed by atoms with Crippen molar-refractivity contribution in [3.8, 4) is 5.69 Å². The highest BCUT2D eigenvalue weighted by Crippen LogP contribution is 2.32. The molecule has 0 bridgehead atoms. The van der Waals surface area contributed by atoms with Crippen molar-refractivity contribution < 1.29 is 18.0 Å². The summed E-state index contributed by atoms with van der Waals surface area (Å²) >= 11 is 5.90. The van der Waals surface area contributed by atoms with Gasteiger partial charge < -0.3 is 9.88 Å². The van der Waals surface area contributed by atoms with Crippen LogP contribution in [-0.4, -0.2) is 25.4 Å². The number of rotatable bonds is 6. The number of carbonyl (C=O) groups excluding carboxylic acids is 1. The van der Waals surface area contributed by atoms with Crippen LogP contribution in [0.5, 0.6) is 0 Å². The Bertz CT molecular complexity index is 1310. The lowest BCUT2D eigenvalue weighted by Crippen LogP contribution is -2.15. The Morgan fingerprint density at radius 1 is 1.15 bits per heavy atom. The molecule has 0 fully saturated rings. The Labute approximate surface area is 198 Å². The first kappa shape index (κ1) is 23.4. The smallest absolute Gasteiger partial charge is 0.322 e. The number of nitrogens with one attached hydrogen (secondary N) is 1. The molecule has 4 rings (SSSR count). The largest absolute Gasteiger partial charge is 0.416 e. The zero-order chi connectivity index (χ0) is 24.3. The summed E-state index contributed by atoms with van der Waals surface area (Å²) in [5.74, 6) is -0.621. The number of amides is 1. The molecule has 34 heavy (non-hydrogen) atoms. The highest BCUT2D eigenvalue weighted by atomic mass is 35.5. The third-order valence-electron chi connectivity index (χ3n) is 5.19. The maximum absolute atomic E-state index is 13.5. The summed E-state index contributed by atoms with van der Waals surface area (Å²) < 4.78 is 41.8. The summed E-state index contributed by atoms with van der Waals surface area (Å²) in [4.78, 5) is 25.0. The van der Waals surface area contributed by atoms with Crippen LogP contribution in [0, 0.1) is 0 Å². The van der Waals surface area contributed by atoms with E-state index in [-0.39, 0.29) is 17.2 Å². The molecular weight excluding hydrogens is 467 g/mol. The number of alkyl halides is 3. The van der Waals surface area contributed by atoms with Gasteiger partial charge in [-0.05, 0) is 48.2 Å². The van der Waals surface area contributed by atoms with Gasteiger partial charge in [-0.15, -0.1) is 0 Å². The van der Waals surface area contributed by atoms with Crippen molar-refractivity contribution in [3.63, 3.8) is 0 Å². The Balaban J connectivity index is 1.56. The summed E-state index contributed by atoms with van der Waals surface area (Å²) in [5.41, 5.74) is 1.25. The quantitative estimate of drug-likeness (QED) is 0.367. The van der Waals surface area contributed by atoms with Gasteiger partial charge in [-0.2, -0.15) is 13.2 Å². The number of carbonyl (C=O) groups is 1. The first-order valence-electron chi connectivity index (χ1n) is 10.3. The molecule has 0 aliphatic carbocycles. The zero-order valence-electron chi connectivity index (χ0n) is 17.9. The number of anilines is 1. The van der Waals surface area contributed by atoms with Gasteiger partial charge in [-0.1, -0.05) is 30.7 Å². The Hall–Kier alpha value is -3.72. The summed E-state index contributed by atoms with van der Waals surface area (Å²) in [5, 5.41) is 3.00. The molecular formula is C24H19ClF3N5O. The van der Waals surface area contributed by atoms with Gasteiger partial charge in [0.25, 0.3) is 5.91 Å². The maximum Gasteiger partial charge on any atom is 0.416 e. The zero-order valence-corrected chi connectivity index (χ0v) is 18.7. The molecule has 1 atom stereocenters. The molecule has 0 aliphatic heterocycles. The van der Waals surface area contributed by atoms with E-state index in [0.29, 0.717) is 17.3 Å². The summed E-state index contributed by atoms with van der Waals surface area (Å²) in [6, 6.07) is 10.3. The van der Waals surface area contributed by atoms with E-state index in [4.69, 9.17) is 11.6 Å². The number of hydrogen-bond donors (Lipinski definition) is 1. The third-order valence-corrected chi connectivity index (χ3v) is 5.38. The standard InChI is InChI=1S/C24H19ClF3N5O/c1-15(7-20-12-30-13-22(25)31-20)16-3-2-4-19(9-16)32-23(34)17-8-18(24(26,27)28)11-21(10-17)33-6-5-29-14-33/h2-6,8-15H,7H2,1H3,(H,32,34)/t15-/m1/s1. The van der Waals surface area contributed by atoms with Crippen molar-refractivity contribution in [2.45, 2.75) is 25.4 Å². The van der Waals surface area contributed by atoms with E-state index < -0.39 is 17.6 Å². The van der Waals surface area contributed by atoms with Gasteiger partial charge in [0, 0.05) is 35.5 Å². The van der Waals surface area contributed by atoms with Crippen LogP contribution in [0.4, 0.5) is 18.9 Å². The number of halogens is 4. The molecule has 0 saturated heterocycles. The molecule has 0 unspecified atom stereocenters. The fourth-order valence-corrected chi connectivity index (χ4v) is 3.67. The van der Waals surface area contributed by atoms with Gasteiger partial charge in [0.15, 0.2) is 0 Å². The molecule has 0 saturated carbocycles. The minimum Gasteiger partial charge on any atom is -0.322 e. The molecule has 1 amide bonds. The number of hydrogen-bond acceptors (Lipinski definition) is 4. The normalized spacial score (nSPS) is 12.4. The fourth-order valence-electron chi connectivity index (χ4n) is 3.50. The highest BCUT2D eigenvalue weighted by molar-refractivity contribution is 6.29. The Kier molecular flexibility index (Phi) is 6.65. The van der Waals surface area contributed by atoms with Crippen LogP contribution in [0.3, 0.4) is 0 Å². The highest BCUT2D eigenvalue weighted by Gasteiger charge is 2.32. The molecule has 10 heteroatoms. The Morgan fingerprint density at radius 2 is 1.97 bits per heavy atom. The first-order chi connectivity index (χ1) is 16.2. The topological polar surface area (TPSA) is 72.7 Å². The predicted molar refractivity (Wildman–Crippen MR) is 122 cm³/mol. The molecule has 2 heterocycles. The van der Waals surface area contributed by atoms with Gasteiger partial charge in [-0.25, -0.2) is 9.97 Å². The van der Waals surface area contributed by atoms with Crippen molar-refractivity contribution in [1.29, 1.82) is 0 Å². The van der Waals surface area contributed by atoms with Gasteiger partial charge in [-0.3, -0.25) is 9.78 Å². The lowest BCUT2D eigenvalue weighted by Gasteiger charge is -2.15. The van der Waals surface area contributed by atoms with E-state index in [1.807, 2.05) is 13.0 Å². The number of imidazole rings is 1. The van der Waals surface area contributed by atoms with E-state index in [9.17, 15) is 18.0 Å². The molecule has 4 aromatic rings. The molecule has 174 valence electrons. The summed E-state index contributed by atoms with van der Waals surface area (Å²) in [7, 11) is 0. The summed E-state index contributed by atoms with van der Waals surface area (Å²) in [6.45, 7) is 1.99. The second-order valence-electron chi connectivity index (χ2n) is 7.75. The lowest BCUT2D eigenvalue weighted by atomic mass is 9.96. The number of benzene rings is 2. The molecule has 2 aromatic carbocycles. The van der Waals surface area contributed by atoms with Crippen molar-refractivity contribution in [1.82, 2.24) is 19.5 Å². The van der Waals surface area contributed by atoms with Crippen LogP contribution >= 0.6 is 11.6 Å². The van der Waals surface area contributed by atoms with Gasteiger partial charge in [0.05, 0.1) is 23.8 Å². The second-order valence-corrected chi connectivity index (χ2v) is 8.14. The van der Waals surface area contributed by atoms with E-state index in [0.717, 1.165) is 23.4 Å². The molecule has 6 nitrogen and oxygen atoms in total. The van der Waals surface area contributed by atoms with Gasteiger partial charge in [0.2, 0.25) is 0 Å². The molecule has 0 radical (unpaired) electrons. The Morgan fingerprint density at radius 3 is 2.68 bits per heavy atom. The average Bonchev–Trinajstić information content (AvgIpc) is 3.33. The first-order valence-corrected chi connectivity index (χ1v) is 10.6. The van der Waals surface area contributed by atoms with Crippen LogP contribution < -0.4 is 5.32 Å². The van der Waals surface area contributed by atoms with Crippen LogP contribution in [0.25, 0.3) is 5.69 Å². The predicted octanol–water partition coefficient (Wildman–Crippen LogP) is 5.93.